The van der Waals surface area contributed by atoms with Gasteiger partial charge in [0.15, 0.2) is 5.69 Å². The van der Waals surface area contributed by atoms with Gasteiger partial charge >= 0.3 is 6.18 Å². The van der Waals surface area contributed by atoms with Gasteiger partial charge in [0.1, 0.15) is 17.2 Å². The minimum Gasteiger partial charge on any atom is -0.497 e. The maximum Gasteiger partial charge on any atom is 0.434 e. The zero-order valence-corrected chi connectivity index (χ0v) is 18.8. The van der Waals surface area contributed by atoms with Crippen molar-refractivity contribution in [3.05, 3.63) is 59.4 Å². The largest absolute Gasteiger partial charge is 0.497 e. The summed E-state index contributed by atoms with van der Waals surface area (Å²) in [6, 6.07) is 10.8. The van der Waals surface area contributed by atoms with Gasteiger partial charge in [0, 0.05) is 30.9 Å². The summed E-state index contributed by atoms with van der Waals surface area (Å²) in [6.07, 6.45) is -0.197. The number of amides is 1. The molecule has 33 heavy (non-hydrogen) atoms. The first-order valence-electron chi connectivity index (χ1n) is 10.9. The SMILES string of the molecule is COc1ccc(C(=O)N[C@H]2CC[C@@H](N(C)c3ccc(C)c4nc(C(F)(F)F)cn34)CC2)cc1. The molecular weight excluding hydrogens is 433 g/mol. The summed E-state index contributed by atoms with van der Waals surface area (Å²) in [6.45, 7) is 1.75. The number of alkyl halides is 3. The first kappa shape index (κ1) is 22.9. The second-order valence-electron chi connectivity index (χ2n) is 8.51. The van der Waals surface area contributed by atoms with Gasteiger partial charge in [0.25, 0.3) is 5.91 Å². The highest BCUT2D eigenvalue weighted by atomic mass is 19.4. The first-order chi connectivity index (χ1) is 15.7. The van der Waals surface area contributed by atoms with Crippen LogP contribution in [0.2, 0.25) is 0 Å². The van der Waals surface area contributed by atoms with Crippen LogP contribution in [-0.4, -0.2) is 41.5 Å². The zero-order valence-electron chi connectivity index (χ0n) is 18.8. The van der Waals surface area contributed by atoms with Crippen molar-refractivity contribution >= 4 is 17.4 Å². The van der Waals surface area contributed by atoms with Gasteiger partial charge in [-0.2, -0.15) is 13.2 Å². The number of anilines is 1. The van der Waals surface area contributed by atoms with Crippen molar-refractivity contribution < 1.29 is 22.7 Å². The smallest absolute Gasteiger partial charge is 0.434 e. The number of nitrogens with one attached hydrogen (secondary N) is 1. The lowest BCUT2D eigenvalue weighted by atomic mass is 9.90. The number of aromatic nitrogens is 2. The minimum atomic E-state index is -4.49. The molecule has 0 spiro atoms. The predicted octanol–water partition coefficient (Wildman–Crippen LogP) is 4.85. The summed E-state index contributed by atoms with van der Waals surface area (Å²) in [5, 5.41) is 3.09. The van der Waals surface area contributed by atoms with E-state index in [2.05, 4.69) is 10.3 Å². The minimum absolute atomic E-state index is 0.0624. The van der Waals surface area contributed by atoms with E-state index in [0.717, 1.165) is 31.9 Å². The molecule has 1 N–H and O–H groups in total. The van der Waals surface area contributed by atoms with Crippen molar-refractivity contribution in [2.24, 2.45) is 0 Å². The maximum atomic E-state index is 13.2. The number of hydrogen-bond acceptors (Lipinski definition) is 4. The lowest BCUT2D eigenvalue weighted by Crippen LogP contribution is -2.43. The van der Waals surface area contributed by atoms with Crippen LogP contribution in [0.25, 0.3) is 5.65 Å². The van der Waals surface area contributed by atoms with E-state index in [1.54, 1.807) is 44.4 Å². The second kappa shape index (κ2) is 8.96. The van der Waals surface area contributed by atoms with E-state index in [4.69, 9.17) is 4.74 Å². The molecule has 1 fully saturated rings. The van der Waals surface area contributed by atoms with Crippen LogP contribution in [0.5, 0.6) is 5.75 Å². The molecule has 9 heteroatoms. The van der Waals surface area contributed by atoms with Gasteiger partial charge in [0.05, 0.1) is 7.11 Å². The van der Waals surface area contributed by atoms with Crippen molar-refractivity contribution in [3.8, 4) is 5.75 Å². The maximum absolute atomic E-state index is 13.2. The molecule has 0 bridgehead atoms. The summed E-state index contributed by atoms with van der Waals surface area (Å²) >= 11 is 0. The number of benzene rings is 1. The Labute approximate surface area is 190 Å². The number of carbonyl (C=O) groups excluding carboxylic acids is 1. The molecule has 6 nitrogen and oxygen atoms in total. The second-order valence-corrected chi connectivity index (χ2v) is 8.51. The van der Waals surface area contributed by atoms with E-state index in [1.165, 1.54) is 4.40 Å². The number of pyridine rings is 1. The molecule has 0 aliphatic heterocycles. The van der Waals surface area contributed by atoms with Gasteiger partial charge in [-0.3, -0.25) is 9.20 Å². The van der Waals surface area contributed by atoms with Crippen LogP contribution in [0.4, 0.5) is 19.0 Å². The van der Waals surface area contributed by atoms with Crippen molar-refractivity contribution in [1.29, 1.82) is 0 Å². The number of rotatable bonds is 5. The quantitative estimate of drug-likeness (QED) is 0.592. The Hall–Kier alpha value is -3.23. The number of nitrogens with zero attached hydrogens (tertiary/aromatic N) is 3. The van der Waals surface area contributed by atoms with Crippen LogP contribution < -0.4 is 15.0 Å². The Morgan fingerprint density at radius 3 is 2.39 bits per heavy atom. The van der Waals surface area contributed by atoms with Gasteiger partial charge in [-0.05, 0) is 68.5 Å². The number of imidazole rings is 1. The van der Waals surface area contributed by atoms with E-state index < -0.39 is 11.9 Å². The third kappa shape index (κ3) is 4.77. The summed E-state index contributed by atoms with van der Waals surface area (Å²) in [7, 11) is 3.48. The lowest BCUT2D eigenvalue weighted by molar-refractivity contribution is -0.140. The number of fused-ring (bicyclic) bond motifs is 1. The topological polar surface area (TPSA) is 58.9 Å². The highest BCUT2D eigenvalue weighted by Crippen LogP contribution is 2.32. The van der Waals surface area contributed by atoms with Crippen molar-refractivity contribution in [2.45, 2.75) is 50.9 Å². The Kier molecular flexibility index (Phi) is 6.23. The molecule has 1 aliphatic carbocycles. The number of methoxy groups -OCH3 is 1. The van der Waals surface area contributed by atoms with Gasteiger partial charge in [-0.15, -0.1) is 0 Å². The Balaban J connectivity index is 1.42. The number of hydrogen-bond donors (Lipinski definition) is 1. The average molecular weight is 461 g/mol. The van der Waals surface area contributed by atoms with Crippen LogP contribution in [0.15, 0.2) is 42.6 Å². The van der Waals surface area contributed by atoms with Crippen LogP contribution in [0, 0.1) is 6.92 Å². The molecule has 1 saturated carbocycles. The monoisotopic (exact) mass is 460 g/mol. The van der Waals surface area contributed by atoms with Crippen molar-refractivity contribution in [1.82, 2.24) is 14.7 Å². The lowest BCUT2D eigenvalue weighted by Gasteiger charge is -2.36. The highest BCUT2D eigenvalue weighted by Gasteiger charge is 2.35. The Morgan fingerprint density at radius 2 is 1.79 bits per heavy atom. The van der Waals surface area contributed by atoms with Gasteiger partial charge in [0.2, 0.25) is 0 Å². The predicted molar refractivity (Wildman–Crippen MR) is 120 cm³/mol. The van der Waals surface area contributed by atoms with E-state index >= 15 is 0 Å². The number of ether oxygens (including phenoxy) is 1. The molecule has 0 radical (unpaired) electrons. The molecule has 2 heterocycles. The Morgan fingerprint density at radius 1 is 1.12 bits per heavy atom. The fraction of sp³-hybridized carbons (Fsp3) is 0.417. The molecule has 2 aromatic heterocycles. The normalized spacial score (nSPS) is 18.8. The fourth-order valence-corrected chi connectivity index (χ4v) is 4.42. The Bertz CT molecular complexity index is 1130. The standard InChI is InChI=1S/C24H27F3N4O2/c1-15-4-13-21(31-14-20(24(25,26)27)29-22(15)31)30(2)18-9-7-17(8-10-18)28-23(32)16-5-11-19(33-3)12-6-16/h4-6,11-14,17-18H,7-10H2,1-3H3,(H,28,32)/t17-,18+. The summed E-state index contributed by atoms with van der Waals surface area (Å²) in [5.74, 6) is 1.25. The molecule has 4 rings (SSSR count). The van der Waals surface area contributed by atoms with Crippen LogP contribution in [-0.2, 0) is 6.18 Å². The molecule has 1 amide bonds. The summed E-state index contributed by atoms with van der Waals surface area (Å²) < 4.78 is 46.3. The number of carbonyl (C=O) groups is 1. The van der Waals surface area contributed by atoms with Crippen molar-refractivity contribution in [3.63, 3.8) is 0 Å². The molecule has 0 saturated heterocycles. The van der Waals surface area contributed by atoms with E-state index in [1.807, 2.05) is 18.0 Å². The van der Waals surface area contributed by atoms with Crippen LogP contribution in [0.1, 0.15) is 47.3 Å². The summed E-state index contributed by atoms with van der Waals surface area (Å²) in [5.41, 5.74) is 0.689. The first-order valence-corrected chi connectivity index (χ1v) is 10.9. The zero-order chi connectivity index (χ0) is 23.8. The molecule has 0 atom stereocenters. The van der Waals surface area contributed by atoms with E-state index in [9.17, 15) is 18.0 Å². The van der Waals surface area contributed by atoms with Crippen LogP contribution >= 0.6 is 0 Å². The molecule has 1 aromatic carbocycles. The van der Waals surface area contributed by atoms with E-state index in [-0.39, 0.29) is 18.0 Å². The van der Waals surface area contributed by atoms with Crippen molar-refractivity contribution in [2.75, 3.05) is 19.1 Å². The average Bonchev–Trinajstić information content (AvgIpc) is 3.27. The highest BCUT2D eigenvalue weighted by molar-refractivity contribution is 5.94. The number of aryl methyl sites for hydroxylation is 1. The molecule has 176 valence electrons. The molecule has 3 aromatic rings. The van der Waals surface area contributed by atoms with E-state index in [0.29, 0.717) is 28.3 Å². The van der Waals surface area contributed by atoms with Gasteiger partial charge < -0.3 is 15.0 Å². The van der Waals surface area contributed by atoms with Gasteiger partial charge in [-0.1, -0.05) is 6.07 Å². The molecule has 1 aliphatic rings. The molecule has 0 unspecified atom stereocenters. The van der Waals surface area contributed by atoms with Crippen LogP contribution in [0.3, 0.4) is 0 Å². The third-order valence-electron chi connectivity index (χ3n) is 6.37. The molecular formula is C24H27F3N4O2. The summed E-state index contributed by atoms with van der Waals surface area (Å²) in [4.78, 5) is 18.4. The van der Waals surface area contributed by atoms with Gasteiger partial charge in [-0.25, -0.2) is 4.98 Å². The fourth-order valence-electron chi connectivity index (χ4n) is 4.42. The third-order valence-corrected chi connectivity index (χ3v) is 6.37. The number of halogens is 3.